The molecule has 15 heavy (non-hydrogen) atoms. The molecule has 2 saturated heterocycles. The molecule has 2 aliphatic heterocycles. The first-order valence-electron chi connectivity index (χ1n) is 6.23. The third-order valence-corrected chi connectivity index (χ3v) is 5.13. The van der Waals surface area contributed by atoms with E-state index in [0.717, 1.165) is 30.4 Å². The summed E-state index contributed by atoms with van der Waals surface area (Å²) in [6, 6.07) is 1.35. The standard InChI is InChI=1S/C12H23NOS/c1-9(11-5-6-14-8-11)13-12-4-3-7-15-10(12)2/h9-13H,3-8H2,1-2H3. The average Bonchev–Trinajstić information content (AvgIpc) is 2.74. The van der Waals surface area contributed by atoms with Gasteiger partial charge in [0.1, 0.15) is 0 Å². The van der Waals surface area contributed by atoms with Crippen LogP contribution in [-0.4, -0.2) is 36.3 Å². The van der Waals surface area contributed by atoms with Crippen molar-refractivity contribution < 1.29 is 4.74 Å². The molecule has 0 aromatic rings. The van der Waals surface area contributed by atoms with Crippen LogP contribution >= 0.6 is 11.8 Å². The molecule has 0 spiro atoms. The Balaban J connectivity index is 1.78. The van der Waals surface area contributed by atoms with Crippen LogP contribution in [-0.2, 0) is 4.74 Å². The maximum Gasteiger partial charge on any atom is 0.0509 e. The highest BCUT2D eigenvalue weighted by Crippen LogP contribution is 2.26. The zero-order valence-electron chi connectivity index (χ0n) is 9.87. The SMILES string of the molecule is CC(NC1CCCSC1C)C1CCOC1. The molecule has 88 valence electrons. The van der Waals surface area contributed by atoms with E-state index in [1.165, 1.54) is 25.0 Å². The van der Waals surface area contributed by atoms with Crippen LogP contribution in [0.5, 0.6) is 0 Å². The summed E-state index contributed by atoms with van der Waals surface area (Å²) in [4.78, 5) is 0. The van der Waals surface area contributed by atoms with E-state index in [4.69, 9.17) is 4.74 Å². The zero-order chi connectivity index (χ0) is 10.7. The largest absolute Gasteiger partial charge is 0.381 e. The number of hydrogen-bond donors (Lipinski definition) is 1. The first-order chi connectivity index (χ1) is 7.27. The van der Waals surface area contributed by atoms with Gasteiger partial charge in [-0.3, -0.25) is 0 Å². The quantitative estimate of drug-likeness (QED) is 0.802. The third-order valence-electron chi connectivity index (χ3n) is 3.76. The molecular weight excluding hydrogens is 206 g/mol. The fourth-order valence-corrected chi connectivity index (χ4v) is 3.72. The van der Waals surface area contributed by atoms with Gasteiger partial charge in [0.05, 0.1) is 6.61 Å². The van der Waals surface area contributed by atoms with E-state index < -0.39 is 0 Å². The van der Waals surface area contributed by atoms with Gasteiger partial charge in [-0.15, -0.1) is 0 Å². The van der Waals surface area contributed by atoms with Gasteiger partial charge >= 0.3 is 0 Å². The Bertz CT molecular complexity index is 194. The van der Waals surface area contributed by atoms with Gasteiger partial charge < -0.3 is 10.1 Å². The molecule has 2 rings (SSSR count). The van der Waals surface area contributed by atoms with Crippen molar-refractivity contribution in [2.75, 3.05) is 19.0 Å². The van der Waals surface area contributed by atoms with Crippen molar-refractivity contribution in [1.29, 1.82) is 0 Å². The van der Waals surface area contributed by atoms with E-state index >= 15 is 0 Å². The maximum atomic E-state index is 5.45. The lowest BCUT2D eigenvalue weighted by Crippen LogP contribution is -2.46. The van der Waals surface area contributed by atoms with Gasteiger partial charge in [-0.25, -0.2) is 0 Å². The Morgan fingerprint density at radius 2 is 2.27 bits per heavy atom. The summed E-state index contributed by atoms with van der Waals surface area (Å²) in [6.45, 7) is 6.61. The first-order valence-corrected chi connectivity index (χ1v) is 7.27. The predicted molar refractivity (Wildman–Crippen MR) is 66.5 cm³/mol. The van der Waals surface area contributed by atoms with Crippen molar-refractivity contribution in [1.82, 2.24) is 5.32 Å². The first kappa shape index (κ1) is 11.7. The Hall–Kier alpha value is 0.270. The Morgan fingerprint density at radius 3 is 2.93 bits per heavy atom. The summed E-state index contributed by atoms with van der Waals surface area (Å²) in [5.41, 5.74) is 0. The highest BCUT2D eigenvalue weighted by Gasteiger charge is 2.27. The summed E-state index contributed by atoms with van der Waals surface area (Å²) in [6.07, 6.45) is 3.97. The van der Waals surface area contributed by atoms with Gasteiger partial charge in [0, 0.05) is 23.9 Å². The molecule has 2 fully saturated rings. The highest BCUT2D eigenvalue weighted by atomic mass is 32.2. The maximum absolute atomic E-state index is 5.45. The van der Waals surface area contributed by atoms with E-state index in [1.807, 2.05) is 0 Å². The lowest BCUT2D eigenvalue weighted by molar-refractivity contribution is 0.176. The van der Waals surface area contributed by atoms with Gasteiger partial charge in [0.25, 0.3) is 0 Å². The lowest BCUT2D eigenvalue weighted by atomic mass is 9.98. The smallest absolute Gasteiger partial charge is 0.0509 e. The Morgan fingerprint density at radius 1 is 1.40 bits per heavy atom. The van der Waals surface area contributed by atoms with Crippen LogP contribution in [0.4, 0.5) is 0 Å². The summed E-state index contributed by atoms with van der Waals surface area (Å²) in [5.74, 6) is 2.09. The van der Waals surface area contributed by atoms with Crippen LogP contribution in [0.25, 0.3) is 0 Å². The summed E-state index contributed by atoms with van der Waals surface area (Å²) >= 11 is 2.12. The van der Waals surface area contributed by atoms with E-state index in [9.17, 15) is 0 Å². The molecule has 2 heterocycles. The monoisotopic (exact) mass is 229 g/mol. The molecule has 4 unspecified atom stereocenters. The number of ether oxygens (including phenoxy) is 1. The second kappa shape index (κ2) is 5.55. The lowest BCUT2D eigenvalue weighted by Gasteiger charge is -2.33. The summed E-state index contributed by atoms with van der Waals surface area (Å²) < 4.78 is 5.45. The van der Waals surface area contributed by atoms with Gasteiger partial charge in [0.2, 0.25) is 0 Å². The fraction of sp³-hybridized carbons (Fsp3) is 1.00. The van der Waals surface area contributed by atoms with Crippen molar-refractivity contribution in [3.63, 3.8) is 0 Å². The summed E-state index contributed by atoms with van der Waals surface area (Å²) in [5, 5.41) is 4.59. The Labute approximate surface area is 97.5 Å². The zero-order valence-corrected chi connectivity index (χ0v) is 10.7. The van der Waals surface area contributed by atoms with Gasteiger partial charge in [-0.05, 0) is 37.9 Å². The van der Waals surface area contributed by atoms with Crippen LogP contribution in [0.2, 0.25) is 0 Å². The average molecular weight is 229 g/mol. The molecule has 0 bridgehead atoms. The van der Waals surface area contributed by atoms with Crippen molar-refractivity contribution in [3.8, 4) is 0 Å². The van der Waals surface area contributed by atoms with Gasteiger partial charge in [-0.1, -0.05) is 6.92 Å². The van der Waals surface area contributed by atoms with E-state index in [-0.39, 0.29) is 0 Å². The van der Waals surface area contributed by atoms with Crippen LogP contribution < -0.4 is 5.32 Å². The fourth-order valence-electron chi connectivity index (χ4n) is 2.56. The minimum absolute atomic E-state index is 0.624. The van der Waals surface area contributed by atoms with Gasteiger partial charge in [0.15, 0.2) is 0 Å². The number of thioether (sulfide) groups is 1. The minimum Gasteiger partial charge on any atom is -0.381 e. The van der Waals surface area contributed by atoms with Crippen LogP contribution in [0.1, 0.15) is 33.1 Å². The van der Waals surface area contributed by atoms with Crippen molar-refractivity contribution in [2.45, 2.75) is 50.4 Å². The summed E-state index contributed by atoms with van der Waals surface area (Å²) in [7, 11) is 0. The van der Waals surface area contributed by atoms with Crippen molar-refractivity contribution >= 4 is 11.8 Å². The van der Waals surface area contributed by atoms with E-state index in [1.54, 1.807) is 0 Å². The number of nitrogens with one attached hydrogen (secondary N) is 1. The molecule has 0 amide bonds. The van der Waals surface area contributed by atoms with E-state index in [2.05, 4.69) is 30.9 Å². The number of hydrogen-bond acceptors (Lipinski definition) is 3. The third kappa shape index (κ3) is 3.11. The topological polar surface area (TPSA) is 21.3 Å². The molecule has 2 aliphatic rings. The van der Waals surface area contributed by atoms with Crippen LogP contribution in [0.3, 0.4) is 0 Å². The second-order valence-electron chi connectivity index (χ2n) is 4.90. The molecular formula is C12H23NOS. The van der Waals surface area contributed by atoms with Crippen molar-refractivity contribution in [2.24, 2.45) is 5.92 Å². The molecule has 0 aliphatic carbocycles. The molecule has 0 saturated carbocycles. The molecule has 3 heteroatoms. The molecule has 0 aromatic carbocycles. The highest BCUT2D eigenvalue weighted by molar-refractivity contribution is 7.99. The predicted octanol–water partition coefficient (Wildman–Crippen LogP) is 2.29. The minimum atomic E-state index is 0.624. The molecule has 1 N–H and O–H groups in total. The molecule has 4 atom stereocenters. The molecule has 2 nitrogen and oxygen atoms in total. The molecule has 0 radical (unpaired) electrons. The van der Waals surface area contributed by atoms with Crippen molar-refractivity contribution in [3.05, 3.63) is 0 Å². The molecule has 0 aromatic heterocycles. The van der Waals surface area contributed by atoms with Crippen LogP contribution in [0, 0.1) is 5.92 Å². The van der Waals surface area contributed by atoms with E-state index in [0.29, 0.717) is 6.04 Å². The van der Waals surface area contributed by atoms with Crippen LogP contribution in [0.15, 0.2) is 0 Å². The normalized spacial score (nSPS) is 39.2. The number of rotatable bonds is 3. The van der Waals surface area contributed by atoms with Gasteiger partial charge in [-0.2, -0.15) is 11.8 Å². The Kier molecular flexibility index (Phi) is 4.35. The second-order valence-corrected chi connectivity index (χ2v) is 6.39.